The normalized spacial score (nSPS) is 11.8. The van der Waals surface area contributed by atoms with Crippen molar-refractivity contribution < 1.29 is 39.5 Å². The first-order chi connectivity index (χ1) is 9.74. The number of quaternary nitrogens is 1. The summed E-state index contributed by atoms with van der Waals surface area (Å²) in [5.41, 5.74) is 0. The van der Waals surface area contributed by atoms with Crippen LogP contribution in [0.1, 0.15) is 47.0 Å². The van der Waals surface area contributed by atoms with Crippen LogP contribution >= 0.6 is 0 Å². The van der Waals surface area contributed by atoms with E-state index in [2.05, 4.69) is 27.7 Å². The summed E-state index contributed by atoms with van der Waals surface area (Å²) in [5.74, 6) is 0. The average molecular weight is 368 g/mol. The molecule has 0 aliphatic heterocycles. The molecule has 0 saturated heterocycles. The van der Waals surface area contributed by atoms with Gasteiger partial charge in [-0.25, -0.2) is 0 Å². The SMILES string of the molecule is CCCCC[N+](CC)(CC)CC.O=S(=O)(O)O.O=S(=O)(O)O. The molecule has 0 radical (unpaired) electrons. The van der Waals surface area contributed by atoms with Gasteiger partial charge in [0.2, 0.25) is 0 Å². The van der Waals surface area contributed by atoms with Gasteiger partial charge in [-0.2, -0.15) is 16.8 Å². The minimum absolute atomic E-state index is 1.30. The van der Waals surface area contributed by atoms with Gasteiger partial charge in [0.1, 0.15) is 0 Å². The highest BCUT2D eigenvalue weighted by atomic mass is 32.3. The monoisotopic (exact) mass is 368 g/mol. The fourth-order valence-electron chi connectivity index (χ4n) is 1.84. The van der Waals surface area contributed by atoms with Crippen LogP contribution in [0.2, 0.25) is 0 Å². The maximum absolute atomic E-state index is 8.74. The molecule has 138 valence electrons. The molecule has 0 rings (SSSR count). The molecule has 9 nitrogen and oxygen atoms in total. The van der Waals surface area contributed by atoms with Crippen molar-refractivity contribution in [1.82, 2.24) is 0 Å². The van der Waals surface area contributed by atoms with E-state index in [-0.39, 0.29) is 0 Å². The molecule has 4 N–H and O–H groups in total. The van der Waals surface area contributed by atoms with E-state index in [1.807, 2.05) is 0 Å². The number of rotatable bonds is 7. The largest absolute Gasteiger partial charge is 0.394 e. The lowest BCUT2D eigenvalue weighted by molar-refractivity contribution is -0.923. The van der Waals surface area contributed by atoms with Gasteiger partial charge >= 0.3 is 20.8 Å². The van der Waals surface area contributed by atoms with Crippen molar-refractivity contribution in [2.24, 2.45) is 0 Å². The molecule has 0 fully saturated rings. The molecule has 0 bridgehead atoms. The molecule has 11 heteroatoms. The first-order valence-electron chi connectivity index (χ1n) is 6.99. The van der Waals surface area contributed by atoms with Crippen LogP contribution < -0.4 is 0 Å². The Labute approximate surface area is 134 Å². The van der Waals surface area contributed by atoms with Crippen LogP contribution in [-0.2, 0) is 20.8 Å². The summed E-state index contributed by atoms with van der Waals surface area (Å²) >= 11 is 0. The quantitative estimate of drug-likeness (QED) is 0.301. The van der Waals surface area contributed by atoms with Gasteiger partial charge in [0.15, 0.2) is 0 Å². The van der Waals surface area contributed by atoms with Crippen LogP contribution in [0.3, 0.4) is 0 Å². The molecule has 0 aromatic heterocycles. The third-order valence-electron chi connectivity index (χ3n) is 3.25. The van der Waals surface area contributed by atoms with Crippen molar-refractivity contribution in [3.8, 4) is 0 Å². The lowest BCUT2D eigenvalue weighted by Crippen LogP contribution is -2.48. The van der Waals surface area contributed by atoms with E-state index in [9.17, 15) is 0 Å². The highest BCUT2D eigenvalue weighted by Crippen LogP contribution is 2.09. The molecule has 0 spiro atoms. The third kappa shape index (κ3) is 31.9. The van der Waals surface area contributed by atoms with Gasteiger partial charge in [0.25, 0.3) is 0 Å². The van der Waals surface area contributed by atoms with Crippen molar-refractivity contribution >= 4 is 20.8 Å². The van der Waals surface area contributed by atoms with Crippen LogP contribution in [-0.4, -0.2) is 65.7 Å². The van der Waals surface area contributed by atoms with Crippen LogP contribution in [0.4, 0.5) is 0 Å². The topological polar surface area (TPSA) is 149 Å². The number of unbranched alkanes of at least 4 members (excludes halogenated alkanes) is 2. The van der Waals surface area contributed by atoms with Crippen molar-refractivity contribution in [3.05, 3.63) is 0 Å². The van der Waals surface area contributed by atoms with Gasteiger partial charge in [-0.3, -0.25) is 18.2 Å². The highest BCUT2D eigenvalue weighted by Gasteiger charge is 2.18. The predicted molar refractivity (Wildman–Crippen MR) is 84.6 cm³/mol. The van der Waals surface area contributed by atoms with Crippen molar-refractivity contribution in [2.45, 2.75) is 47.0 Å². The molecule has 0 unspecified atom stereocenters. The van der Waals surface area contributed by atoms with Crippen molar-refractivity contribution in [3.63, 3.8) is 0 Å². The van der Waals surface area contributed by atoms with Gasteiger partial charge in [-0.15, -0.1) is 0 Å². The van der Waals surface area contributed by atoms with E-state index in [1.54, 1.807) is 0 Å². The van der Waals surface area contributed by atoms with Crippen molar-refractivity contribution in [2.75, 3.05) is 26.2 Å². The van der Waals surface area contributed by atoms with Crippen molar-refractivity contribution in [1.29, 1.82) is 0 Å². The molecule has 0 aromatic carbocycles. The maximum atomic E-state index is 8.74. The Kier molecular flexibility index (Phi) is 15.9. The molecule has 0 aliphatic carbocycles. The molecular formula is C11H30NO8S2+. The summed E-state index contributed by atoms with van der Waals surface area (Å²) in [5, 5.41) is 0. The lowest BCUT2D eigenvalue weighted by atomic mass is 10.2. The minimum Gasteiger partial charge on any atom is -0.324 e. The fourth-order valence-corrected chi connectivity index (χ4v) is 1.84. The van der Waals surface area contributed by atoms with E-state index in [0.717, 1.165) is 0 Å². The number of hydrogen-bond donors (Lipinski definition) is 4. The lowest BCUT2D eigenvalue weighted by Gasteiger charge is -2.35. The van der Waals surface area contributed by atoms with Gasteiger partial charge in [0.05, 0.1) is 26.2 Å². The Balaban J connectivity index is -0.000000298. The molecular weight excluding hydrogens is 338 g/mol. The van der Waals surface area contributed by atoms with E-state index in [0.29, 0.717) is 0 Å². The van der Waals surface area contributed by atoms with Gasteiger partial charge in [-0.1, -0.05) is 13.3 Å². The summed E-state index contributed by atoms with van der Waals surface area (Å²) in [4.78, 5) is 0. The molecule has 0 saturated carbocycles. The number of nitrogens with zero attached hydrogens (tertiary/aromatic N) is 1. The molecule has 22 heavy (non-hydrogen) atoms. The highest BCUT2D eigenvalue weighted by molar-refractivity contribution is 7.80. The summed E-state index contributed by atoms with van der Waals surface area (Å²) in [6.45, 7) is 14.5. The minimum atomic E-state index is -4.67. The van der Waals surface area contributed by atoms with E-state index in [1.165, 1.54) is 49.9 Å². The molecule has 0 amide bonds. The van der Waals surface area contributed by atoms with Crippen LogP contribution in [0.25, 0.3) is 0 Å². The zero-order chi connectivity index (χ0) is 18.4. The Bertz CT molecular complexity index is 388. The maximum Gasteiger partial charge on any atom is 0.394 e. The second-order valence-corrected chi connectivity index (χ2v) is 6.41. The molecule has 0 atom stereocenters. The average Bonchev–Trinajstić information content (AvgIpc) is 2.31. The second-order valence-electron chi connectivity index (χ2n) is 4.62. The molecule has 0 aromatic rings. The van der Waals surface area contributed by atoms with E-state index in [4.69, 9.17) is 35.0 Å². The predicted octanol–water partition coefficient (Wildman–Crippen LogP) is 1.75. The zero-order valence-corrected chi connectivity index (χ0v) is 15.3. The van der Waals surface area contributed by atoms with Gasteiger partial charge < -0.3 is 4.48 Å². The fraction of sp³-hybridized carbons (Fsp3) is 1.00. The summed E-state index contributed by atoms with van der Waals surface area (Å²) in [6, 6.07) is 0. The molecule has 0 aliphatic rings. The van der Waals surface area contributed by atoms with Gasteiger partial charge in [0, 0.05) is 0 Å². The summed E-state index contributed by atoms with van der Waals surface area (Å²) in [7, 11) is -9.33. The van der Waals surface area contributed by atoms with E-state index >= 15 is 0 Å². The summed E-state index contributed by atoms with van der Waals surface area (Å²) in [6.07, 6.45) is 4.16. The van der Waals surface area contributed by atoms with Crippen LogP contribution in [0.15, 0.2) is 0 Å². The van der Waals surface area contributed by atoms with E-state index < -0.39 is 20.8 Å². The first-order valence-corrected chi connectivity index (χ1v) is 9.78. The Morgan fingerprint density at radius 3 is 1.14 bits per heavy atom. The Morgan fingerprint density at radius 2 is 0.955 bits per heavy atom. The zero-order valence-electron chi connectivity index (χ0n) is 13.6. The molecule has 0 heterocycles. The first kappa shape index (κ1) is 26.6. The Hall–Kier alpha value is -0.300. The Morgan fingerprint density at radius 1 is 0.682 bits per heavy atom. The number of hydrogen-bond acceptors (Lipinski definition) is 4. The second kappa shape index (κ2) is 13.2. The third-order valence-corrected chi connectivity index (χ3v) is 3.25. The standard InChI is InChI=1S/C11H26N.2H2O4S/c1-5-9-10-11-12(6-2,7-3)8-4;2*1-5(2,3)4/h5-11H2,1-4H3;2*(H2,1,2,3,4)/q+1;;. The smallest absolute Gasteiger partial charge is 0.324 e. The summed E-state index contributed by atoms with van der Waals surface area (Å²) < 4.78 is 64.5. The van der Waals surface area contributed by atoms with Gasteiger partial charge in [-0.05, 0) is 33.6 Å². The van der Waals surface area contributed by atoms with Crippen LogP contribution in [0, 0.1) is 0 Å². The van der Waals surface area contributed by atoms with Crippen LogP contribution in [0.5, 0.6) is 0 Å².